The molecule has 0 fully saturated rings. The number of hydrogen-bond donors (Lipinski definition) is 0. The Balaban J connectivity index is 4.01. The van der Waals surface area contributed by atoms with Crippen LogP contribution in [0.5, 0.6) is 0 Å². The van der Waals surface area contributed by atoms with Gasteiger partial charge in [0.2, 0.25) is 0 Å². The van der Waals surface area contributed by atoms with Gasteiger partial charge in [-0.05, 0) is 109 Å². The summed E-state index contributed by atoms with van der Waals surface area (Å²) in [4.78, 5) is 38.1. The van der Waals surface area contributed by atoms with Gasteiger partial charge in [0.25, 0.3) is 7.82 Å². The Hall–Kier alpha value is -3.59. The molecule has 10 heteroatoms. The lowest BCUT2D eigenvalue weighted by molar-refractivity contribution is -0.870. The molecule has 0 heterocycles. The Morgan fingerprint density at radius 2 is 0.633 bits per heavy atom. The number of rotatable bonds is 68. The van der Waals surface area contributed by atoms with Crippen molar-refractivity contribution in [3.8, 4) is 0 Å². The van der Waals surface area contributed by atoms with Crippen molar-refractivity contribution in [2.75, 3.05) is 47.5 Å². The quantitative estimate of drug-likeness (QED) is 0.0195. The maximum absolute atomic E-state index is 12.9. The van der Waals surface area contributed by atoms with Crippen LogP contribution >= 0.6 is 7.82 Å². The minimum Gasteiger partial charge on any atom is -0.756 e. The van der Waals surface area contributed by atoms with Crippen molar-refractivity contribution in [3.63, 3.8) is 0 Å². The van der Waals surface area contributed by atoms with Gasteiger partial charge in [-0.3, -0.25) is 14.2 Å². The molecule has 0 aliphatic carbocycles. The summed E-state index contributed by atoms with van der Waals surface area (Å²) in [5, 5.41) is 0. The van der Waals surface area contributed by atoms with Gasteiger partial charge < -0.3 is 27.9 Å². The zero-order chi connectivity index (χ0) is 65.5. The molecule has 518 valence electrons. The van der Waals surface area contributed by atoms with Gasteiger partial charge in [0.15, 0.2) is 6.10 Å². The van der Waals surface area contributed by atoms with Crippen molar-refractivity contribution in [3.05, 3.63) is 122 Å². The smallest absolute Gasteiger partial charge is 0.306 e. The van der Waals surface area contributed by atoms with Crippen LogP contribution in [-0.2, 0) is 32.7 Å². The van der Waals surface area contributed by atoms with Crippen LogP contribution in [0.3, 0.4) is 0 Å². The number of nitrogens with zero attached hydrogens (tertiary/aromatic N) is 1. The normalized spacial score (nSPS) is 13.8. The van der Waals surface area contributed by atoms with Crippen molar-refractivity contribution in [1.29, 1.82) is 0 Å². The third kappa shape index (κ3) is 73.5. The summed E-state index contributed by atoms with van der Waals surface area (Å²) in [6.07, 6.45) is 100. The van der Waals surface area contributed by atoms with Gasteiger partial charge in [0.05, 0.1) is 27.7 Å². The van der Waals surface area contributed by atoms with E-state index in [1.807, 2.05) is 21.1 Å². The van der Waals surface area contributed by atoms with Crippen molar-refractivity contribution in [1.82, 2.24) is 0 Å². The molecule has 0 aliphatic rings. The number of ether oxygens (including phenoxy) is 2. The van der Waals surface area contributed by atoms with Crippen molar-refractivity contribution >= 4 is 19.8 Å². The van der Waals surface area contributed by atoms with Crippen LogP contribution in [0.2, 0.25) is 0 Å². The zero-order valence-corrected chi connectivity index (χ0v) is 59.9. The number of allylic oxidation sites excluding steroid dienone is 20. The predicted molar refractivity (Wildman–Crippen MR) is 388 cm³/mol. The minimum absolute atomic E-state index is 0.0395. The fraction of sp³-hybridized carbons (Fsp3) is 0.725. The highest BCUT2D eigenvalue weighted by Crippen LogP contribution is 2.38. The van der Waals surface area contributed by atoms with Crippen LogP contribution in [0.25, 0.3) is 0 Å². The average molecular weight is 1270 g/mol. The molecule has 0 amide bonds. The fourth-order valence-corrected chi connectivity index (χ4v) is 11.0. The van der Waals surface area contributed by atoms with Gasteiger partial charge in [-0.15, -0.1) is 0 Å². The summed E-state index contributed by atoms with van der Waals surface area (Å²) < 4.78 is 34.3. The Bertz CT molecular complexity index is 1940. The van der Waals surface area contributed by atoms with Crippen LogP contribution in [0, 0.1) is 0 Å². The summed E-state index contributed by atoms with van der Waals surface area (Å²) in [6.45, 7) is 4.11. The number of hydrogen-bond acceptors (Lipinski definition) is 8. The average Bonchev–Trinajstić information content (AvgIpc) is 3.61. The van der Waals surface area contributed by atoms with Crippen LogP contribution in [-0.4, -0.2) is 70.0 Å². The molecular weight excluding hydrogens is 1130 g/mol. The third-order valence-electron chi connectivity index (χ3n) is 16.0. The molecule has 2 unspecified atom stereocenters. The van der Waals surface area contributed by atoms with E-state index in [0.29, 0.717) is 17.4 Å². The first kappa shape index (κ1) is 86.4. The SMILES string of the molecule is CC/C=C\C/C=C\C/C=C\C/C=C\C/C=C\C/C=C\C/C=C\CCCCCCCC(=O)OC(COC(=O)CCCCCCCCCCCCCCCCCCCCCCCCCC/C=C\C/C=C\C/C=C\CCCCCCC)COP(=O)([O-])OCC[N+](C)(C)C. The molecule has 9 nitrogen and oxygen atoms in total. The molecule has 0 spiro atoms. The Morgan fingerprint density at radius 3 is 0.944 bits per heavy atom. The van der Waals surface area contributed by atoms with E-state index >= 15 is 0 Å². The van der Waals surface area contributed by atoms with Crippen LogP contribution in [0.4, 0.5) is 0 Å². The summed E-state index contributed by atoms with van der Waals surface area (Å²) >= 11 is 0. The number of phosphoric ester groups is 1. The van der Waals surface area contributed by atoms with E-state index in [-0.39, 0.29) is 32.0 Å². The van der Waals surface area contributed by atoms with E-state index in [1.165, 1.54) is 180 Å². The lowest BCUT2D eigenvalue weighted by atomic mass is 10.0. The lowest BCUT2D eigenvalue weighted by Crippen LogP contribution is -2.37. The number of likely N-dealkylation sites (N-methyl/N-ethyl adjacent to an activating group) is 1. The monoisotopic (exact) mass is 1270 g/mol. The first-order valence-corrected chi connectivity index (χ1v) is 38.7. The van der Waals surface area contributed by atoms with Gasteiger partial charge in [-0.1, -0.05) is 322 Å². The van der Waals surface area contributed by atoms with Crippen molar-refractivity contribution in [2.45, 2.75) is 328 Å². The summed E-state index contributed by atoms with van der Waals surface area (Å²) in [5.41, 5.74) is 0. The van der Waals surface area contributed by atoms with Crippen molar-refractivity contribution < 1.29 is 42.1 Å². The highest BCUT2D eigenvalue weighted by Gasteiger charge is 2.22. The van der Waals surface area contributed by atoms with Crippen LogP contribution in [0.1, 0.15) is 322 Å². The van der Waals surface area contributed by atoms with Gasteiger partial charge >= 0.3 is 11.9 Å². The first-order valence-electron chi connectivity index (χ1n) is 37.2. The molecule has 0 saturated carbocycles. The zero-order valence-electron chi connectivity index (χ0n) is 59.1. The van der Waals surface area contributed by atoms with Crippen LogP contribution < -0.4 is 4.89 Å². The van der Waals surface area contributed by atoms with E-state index in [0.717, 1.165) is 109 Å². The highest BCUT2D eigenvalue weighted by atomic mass is 31.2. The molecule has 2 atom stereocenters. The minimum atomic E-state index is -4.66. The molecule has 90 heavy (non-hydrogen) atoms. The number of esters is 2. The molecule has 0 aromatic rings. The molecular formula is C80H140NO8P. The fourth-order valence-electron chi connectivity index (χ4n) is 10.3. The van der Waals surface area contributed by atoms with Gasteiger partial charge in [-0.2, -0.15) is 0 Å². The number of unbranched alkanes of at least 4 members (excludes halogenated alkanes) is 34. The van der Waals surface area contributed by atoms with E-state index < -0.39 is 26.5 Å². The van der Waals surface area contributed by atoms with Crippen molar-refractivity contribution in [2.24, 2.45) is 0 Å². The molecule has 0 aromatic heterocycles. The van der Waals surface area contributed by atoms with E-state index in [9.17, 15) is 19.0 Å². The van der Waals surface area contributed by atoms with Gasteiger partial charge in [0, 0.05) is 12.8 Å². The molecule has 0 rings (SSSR count). The molecule has 0 N–H and O–H groups in total. The van der Waals surface area contributed by atoms with Crippen LogP contribution in [0.15, 0.2) is 122 Å². The highest BCUT2D eigenvalue weighted by molar-refractivity contribution is 7.45. The number of carbonyl (C=O) groups is 2. The van der Waals surface area contributed by atoms with E-state index in [2.05, 4.69) is 135 Å². The topological polar surface area (TPSA) is 111 Å². The molecule has 0 bridgehead atoms. The second-order valence-electron chi connectivity index (χ2n) is 25.9. The summed E-state index contributed by atoms with van der Waals surface area (Å²) in [6, 6.07) is 0. The standard InChI is InChI=1S/C80H140NO8P/c1-6-8-10-12-14-16-18-20-22-24-26-28-30-32-34-35-36-37-38-39-40-41-42-43-44-45-47-48-50-52-54-56-58-60-62-64-66-68-70-72-79(82)86-76-78(77-88-90(84,85)87-75-74-81(3,4)5)89-80(83)73-71-69-67-65-63-61-59-57-55-53-51-49-46-33-31-29-27-25-23-21-19-17-15-13-11-9-7-2/h9,11,15,17-18,20-21,23-24,26-27,29-30,32-33,46,51,53,57,59,78H,6-8,10,12-14,16,19,22,25,28,31,34-45,47-50,52,54-56,58,60-77H2,1-5H3/b11-9-,17-15-,20-18-,23-21-,26-24-,29-27-,32-30-,46-33-,53-51-,59-57-. The summed E-state index contributed by atoms with van der Waals surface area (Å²) in [7, 11) is 1.15. The Labute approximate surface area is 556 Å². The van der Waals surface area contributed by atoms with E-state index in [1.54, 1.807) is 0 Å². The lowest BCUT2D eigenvalue weighted by Gasteiger charge is -2.28. The Kier molecular flexibility index (Phi) is 67.0. The molecule has 0 saturated heterocycles. The van der Waals surface area contributed by atoms with Gasteiger partial charge in [0.1, 0.15) is 19.8 Å². The van der Waals surface area contributed by atoms with E-state index in [4.69, 9.17) is 18.5 Å². The maximum Gasteiger partial charge on any atom is 0.306 e. The maximum atomic E-state index is 12.9. The number of quaternary nitrogens is 1. The second-order valence-corrected chi connectivity index (χ2v) is 27.3. The number of carbonyl (C=O) groups excluding carboxylic acids is 2. The first-order chi connectivity index (χ1) is 44.0. The third-order valence-corrected chi connectivity index (χ3v) is 16.9. The predicted octanol–water partition coefficient (Wildman–Crippen LogP) is 24.0. The molecule has 0 aromatic carbocycles. The molecule has 0 aliphatic heterocycles. The number of phosphoric acid groups is 1. The summed E-state index contributed by atoms with van der Waals surface area (Å²) in [5.74, 6) is -0.851. The Morgan fingerprint density at radius 1 is 0.356 bits per heavy atom. The largest absolute Gasteiger partial charge is 0.756 e. The second kappa shape index (κ2) is 69.7. The van der Waals surface area contributed by atoms with Gasteiger partial charge in [-0.25, -0.2) is 0 Å². The molecule has 0 radical (unpaired) electrons.